The van der Waals surface area contributed by atoms with E-state index in [4.69, 9.17) is 4.99 Å². The van der Waals surface area contributed by atoms with Crippen molar-refractivity contribution in [3.05, 3.63) is 35.4 Å². The van der Waals surface area contributed by atoms with Crippen molar-refractivity contribution < 1.29 is 0 Å². The molecule has 1 aromatic carbocycles. The van der Waals surface area contributed by atoms with Gasteiger partial charge in [-0.05, 0) is 45.5 Å². The van der Waals surface area contributed by atoms with Gasteiger partial charge in [-0.2, -0.15) is 0 Å². The predicted octanol–water partition coefficient (Wildman–Crippen LogP) is 3.09. The zero-order valence-corrected chi connectivity index (χ0v) is 19.7. The summed E-state index contributed by atoms with van der Waals surface area (Å²) in [5.74, 6) is 0.936. The first kappa shape index (κ1) is 24.2. The summed E-state index contributed by atoms with van der Waals surface area (Å²) >= 11 is 0. The molecule has 2 rings (SSSR count). The van der Waals surface area contributed by atoms with Gasteiger partial charge in [0.05, 0.1) is 6.54 Å². The Morgan fingerprint density at radius 3 is 2.52 bits per heavy atom. The first-order valence-corrected chi connectivity index (χ1v) is 10.2. The van der Waals surface area contributed by atoms with E-state index in [1.54, 1.807) is 0 Å². The van der Waals surface area contributed by atoms with Crippen LogP contribution in [0.2, 0.25) is 0 Å². The SMILES string of the molecule is CCCCNC(=NCc1ccc(C)cc1)NCCN1CCCN(C)CC1.I. The zero-order valence-electron chi connectivity index (χ0n) is 17.3. The molecule has 0 spiro atoms. The van der Waals surface area contributed by atoms with E-state index in [2.05, 4.69) is 65.6 Å². The van der Waals surface area contributed by atoms with Crippen molar-refractivity contribution in [1.29, 1.82) is 0 Å². The molecule has 0 radical (unpaired) electrons. The number of likely N-dealkylation sites (N-methyl/N-ethyl adjacent to an activating group) is 1. The van der Waals surface area contributed by atoms with Crippen LogP contribution in [0, 0.1) is 6.92 Å². The molecule has 6 heteroatoms. The number of hydrogen-bond acceptors (Lipinski definition) is 3. The van der Waals surface area contributed by atoms with Crippen molar-refractivity contribution in [1.82, 2.24) is 20.4 Å². The van der Waals surface area contributed by atoms with E-state index in [-0.39, 0.29) is 24.0 Å². The van der Waals surface area contributed by atoms with E-state index in [1.165, 1.54) is 50.0 Å². The summed E-state index contributed by atoms with van der Waals surface area (Å²) in [6.45, 7) is 12.8. The summed E-state index contributed by atoms with van der Waals surface area (Å²) in [5.41, 5.74) is 2.54. The Balaban J connectivity index is 0.00000364. The topological polar surface area (TPSA) is 42.9 Å². The van der Waals surface area contributed by atoms with Crippen molar-refractivity contribution in [3.63, 3.8) is 0 Å². The van der Waals surface area contributed by atoms with Crippen molar-refractivity contribution in [2.75, 3.05) is 52.9 Å². The molecule has 1 aromatic rings. The maximum atomic E-state index is 4.78. The molecule has 0 atom stereocenters. The lowest BCUT2D eigenvalue weighted by Gasteiger charge is -2.21. The van der Waals surface area contributed by atoms with Crippen LogP contribution in [0.4, 0.5) is 0 Å². The number of guanidine groups is 1. The van der Waals surface area contributed by atoms with Gasteiger partial charge in [0.1, 0.15) is 0 Å². The molecule has 5 nitrogen and oxygen atoms in total. The third-order valence-electron chi connectivity index (χ3n) is 4.90. The molecular formula is C21H38IN5. The molecule has 154 valence electrons. The van der Waals surface area contributed by atoms with Gasteiger partial charge in [-0.1, -0.05) is 43.2 Å². The number of benzene rings is 1. The highest BCUT2D eigenvalue weighted by Gasteiger charge is 2.11. The summed E-state index contributed by atoms with van der Waals surface area (Å²) in [6, 6.07) is 8.63. The van der Waals surface area contributed by atoms with Crippen molar-refractivity contribution in [3.8, 4) is 0 Å². The molecule has 0 aliphatic carbocycles. The van der Waals surface area contributed by atoms with Crippen LogP contribution in [0.1, 0.15) is 37.3 Å². The van der Waals surface area contributed by atoms with Gasteiger partial charge in [-0.25, -0.2) is 4.99 Å². The Labute approximate surface area is 183 Å². The maximum absolute atomic E-state index is 4.78. The van der Waals surface area contributed by atoms with Crippen LogP contribution in [0.3, 0.4) is 0 Å². The van der Waals surface area contributed by atoms with Crippen LogP contribution < -0.4 is 10.6 Å². The highest BCUT2D eigenvalue weighted by molar-refractivity contribution is 14.0. The summed E-state index contributed by atoms with van der Waals surface area (Å²) in [7, 11) is 2.22. The van der Waals surface area contributed by atoms with Gasteiger partial charge >= 0.3 is 0 Å². The van der Waals surface area contributed by atoms with Crippen LogP contribution >= 0.6 is 24.0 Å². The Bertz CT molecular complexity index is 532. The molecule has 0 amide bonds. The van der Waals surface area contributed by atoms with Crippen molar-refractivity contribution in [2.45, 2.75) is 39.7 Å². The molecule has 1 aliphatic rings. The minimum Gasteiger partial charge on any atom is -0.356 e. The van der Waals surface area contributed by atoms with Crippen LogP contribution in [0.15, 0.2) is 29.3 Å². The number of aliphatic imine (C=N–C) groups is 1. The van der Waals surface area contributed by atoms with E-state index in [0.29, 0.717) is 0 Å². The van der Waals surface area contributed by atoms with Crippen LogP contribution in [0.5, 0.6) is 0 Å². The molecule has 1 heterocycles. The summed E-state index contributed by atoms with van der Waals surface area (Å²) in [6.07, 6.45) is 3.63. The lowest BCUT2D eigenvalue weighted by Crippen LogP contribution is -2.42. The Kier molecular flexibility index (Phi) is 12.7. The summed E-state index contributed by atoms with van der Waals surface area (Å²) in [4.78, 5) is 9.76. The second-order valence-electron chi connectivity index (χ2n) is 7.36. The highest BCUT2D eigenvalue weighted by atomic mass is 127. The zero-order chi connectivity index (χ0) is 18.6. The monoisotopic (exact) mass is 487 g/mol. The molecule has 0 bridgehead atoms. The highest BCUT2D eigenvalue weighted by Crippen LogP contribution is 2.04. The second kappa shape index (κ2) is 14.2. The van der Waals surface area contributed by atoms with Gasteiger partial charge in [0, 0.05) is 32.7 Å². The van der Waals surface area contributed by atoms with Crippen molar-refractivity contribution in [2.24, 2.45) is 4.99 Å². The quantitative estimate of drug-likeness (QED) is 0.256. The fourth-order valence-corrected chi connectivity index (χ4v) is 3.08. The number of nitrogens with zero attached hydrogens (tertiary/aromatic N) is 3. The van der Waals surface area contributed by atoms with E-state index < -0.39 is 0 Å². The summed E-state index contributed by atoms with van der Waals surface area (Å²) in [5, 5.41) is 6.99. The number of unbranched alkanes of at least 4 members (excludes halogenated alkanes) is 1. The van der Waals surface area contributed by atoms with Crippen LogP contribution in [-0.4, -0.2) is 68.6 Å². The van der Waals surface area contributed by atoms with Crippen molar-refractivity contribution >= 4 is 29.9 Å². The largest absolute Gasteiger partial charge is 0.356 e. The molecule has 27 heavy (non-hydrogen) atoms. The minimum atomic E-state index is 0. The molecule has 1 fully saturated rings. The minimum absolute atomic E-state index is 0. The Hall–Kier alpha value is -0.860. The lowest BCUT2D eigenvalue weighted by atomic mass is 10.1. The molecule has 1 saturated heterocycles. The number of rotatable bonds is 8. The van der Waals surface area contributed by atoms with E-state index in [1.807, 2.05) is 0 Å². The Morgan fingerprint density at radius 2 is 1.78 bits per heavy atom. The first-order chi connectivity index (χ1) is 12.7. The van der Waals surface area contributed by atoms with Gasteiger partial charge in [-0.3, -0.25) is 0 Å². The molecule has 0 saturated carbocycles. The fourth-order valence-electron chi connectivity index (χ4n) is 3.08. The smallest absolute Gasteiger partial charge is 0.191 e. The third kappa shape index (κ3) is 10.3. The number of hydrogen-bond donors (Lipinski definition) is 2. The maximum Gasteiger partial charge on any atom is 0.191 e. The third-order valence-corrected chi connectivity index (χ3v) is 4.90. The van der Waals surface area contributed by atoms with Gasteiger partial charge in [0.2, 0.25) is 0 Å². The fraction of sp³-hybridized carbons (Fsp3) is 0.667. The predicted molar refractivity (Wildman–Crippen MR) is 127 cm³/mol. The van der Waals surface area contributed by atoms with E-state index >= 15 is 0 Å². The molecule has 2 N–H and O–H groups in total. The number of nitrogens with one attached hydrogen (secondary N) is 2. The molecule has 1 aliphatic heterocycles. The molecule has 0 unspecified atom stereocenters. The lowest BCUT2D eigenvalue weighted by molar-refractivity contribution is 0.280. The molecular weight excluding hydrogens is 449 g/mol. The molecule has 0 aromatic heterocycles. The van der Waals surface area contributed by atoms with E-state index in [0.717, 1.165) is 38.7 Å². The van der Waals surface area contributed by atoms with Gasteiger partial charge in [0.25, 0.3) is 0 Å². The second-order valence-corrected chi connectivity index (χ2v) is 7.36. The van der Waals surface area contributed by atoms with Gasteiger partial charge in [0.15, 0.2) is 5.96 Å². The van der Waals surface area contributed by atoms with Gasteiger partial charge < -0.3 is 20.4 Å². The Morgan fingerprint density at radius 1 is 1.04 bits per heavy atom. The van der Waals surface area contributed by atoms with E-state index in [9.17, 15) is 0 Å². The standard InChI is InChI=1S/C21H37N5.HI/c1-4-5-11-22-21(24-18-20-9-7-19(2)8-10-20)23-12-15-26-14-6-13-25(3)16-17-26;/h7-10H,4-6,11-18H2,1-3H3,(H2,22,23,24);1H. The van der Waals surface area contributed by atoms with Gasteiger partial charge in [-0.15, -0.1) is 24.0 Å². The average Bonchev–Trinajstić information content (AvgIpc) is 2.85. The number of halogens is 1. The summed E-state index contributed by atoms with van der Waals surface area (Å²) < 4.78 is 0. The van der Waals surface area contributed by atoms with Crippen LogP contribution in [-0.2, 0) is 6.54 Å². The first-order valence-electron chi connectivity index (χ1n) is 10.2. The number of aryl methyl sites for hydroxylation is 1. The average molecular weight is 487 g/mol. The van der Waals surface area contributed by atoms with Crippen LogP contribution in [0.25, 0.3) is 0 Å². The normalized spacial score (nSPS) is 16.5.